The van der Waals surface area contributed by atoms with Crippen LogP contribution >= 0.6 is 0 Å². The van der Waals surface area contributed by atoms with Gasteiger partial charge in [-0.25, -0.2) is 0 Å². The minimum absolute atomic E-state index is 0.0492. The van der Waals surface area contributed by atoms with E-state index >= 15 is 0 Å². The number of carbonyl (C=O) groups is 1. The lowest BCUT2D eigenvalue weighted by Crippen LogP contribution is -2.32. The van der Waals surface area contributed by atoms with Crippen molar-refractivity contribution in [3.63, 3.8) is 0 Å². The maximum atomic E-state index is 11.3. The van der Waals surface area contributed by atoms with Crippen LogP contribution in [0, 0.1) is 0 Å². The summed E-state index contributed by atoms with van der Waals surface area (Å²) < 4.78 is 5.37. The highest BCUT2D eigenvalue weighted by Crippen LogP contribution is 2.31. The molecule has 1 aromatic carbocycles. The number of nitrogens with one attached hydrogen (secondary N) is 2. The molecule has 0 radical (unpaired) electrons. The van der Waals surface area contributed by atoms with Crippen molar-refractivity contribution in [1.29, 1.82) is 0 Å². The summed E-state index contributed by atoms with van der Waals surface area (Å²) >= 11 is 0. The number of ether oxygens (including phenoxy) is 1. The molecule has 0 aliphatic carbocycles. The maximum absolute atomic E-state index is 11.3. The standard InChI is InChI=1S/C14H21N3O2/c1-14(2,19-3)8-16-12-6-9-4-5-13(18)17-11(9)7-10(12)15/h6-7,16H,4-5,8,15H2,1-3H3,(H,17,18). The average molecular weight is 263 g/mol. The van der Waals surface area contributed by atoms with E-state index in [0.717, 1.165) is 23.4 Å². The molecular weight excluding hydrogens is 242 g/mol. The van der Waals surface area contributed by atoms with E-state index < -0.39 is 0 Å². The Morgan fingerprint density at radius 3 is 2.84 bits per heavy atom. The Bertz CT molecular complexity index is 498. The van der Waals surface area contributed by atoms with Gasteiger partial charge in [0.15, 0.2) is 0 Å². The third-order valence-corrected chi connectivity index (χ3v) is 3.43. The second kappa shape index (κ2) is 5.09. The topological polar surface area (TPSA) is 76.4 Å². The summed E-state index contributed by atoms with van der Waals surface area (Å²) in [6.07, 6.45) is 1.28. The first-order valence-corrected chi connectivity index (χ1v) is 6.42. The number of carbonyl (C=O) groups excluding carboxylic acids is 1. The molecule has 2 rings (SSSR count). The Kier molecular flexibility index (Phi) is 3.66. The molecule has 0 spiro atoms. The number of hydrogen-bond acceptors (Lipinski definition) is 4. The van der Waals surface area contributed by atoms with Gasteiger partial charge >= 0.3 is 0 Å². The molecule has 1 aliphatic heterocycles. The zero-order chi connectivity index (χ0) is 14.0. The van der Waals surface area contributed by atoms with Crippen molar-refractivity contribution in [3.05, 3.63) is 17.7 Å². The second-order valence-electron chi connectivity index (χ2n) is 5.46. The van der Waals surface area contributed by atoms with Gasteiger partial charge in [0.25, 0.3) is 0 Å². The Balaban J connectivity index is 2.16. The van der Waals surface area contributed by atoms with E-state index in [2.05, 4.69) is 10.6 Å². The number of nitrogen functional groups attached to an aromatic ring is 1. The molecule has 4 N–H and O–H groups in total. The smallest absolute Gasteiger partial charge is 0.224 e. The fourth-order valence-corrected chi connectivity index (χ4v) is 1.98. The van der Waals surface area contributed by atoms with Gasteiger partial charge in [-0.05, 0) is 38.0 Å². The predicted octanol–water partition coefficient (Wildman–Crippen LogP) is 1.99. The van der Waals surface area contributed by atoms with Crippen LogP contribution in [0.3, 0.4) is 0 Å². The lowest BCUT2D eigenvalue weighted by Gasteiger charge is -2.25. The van der Waals surface area contributed by atoms with E-state index in [1.807, 2.05) is 26.0 Å². The molecule has 1 amide bonds. The molecular formula is C14H21N3O2. The first-order chi connectivity index (χ1) is 8.91. The fraction of sp³-hybridized carbons (Fsp3) is 0.500. The van der Waals surface area contributed by atoms with Gasteiger partial charge in [-0.15, -0.1) is 0 Å². The van der Waals surface area contributed by atoms with Crippen molar-refractivity contribution in [2.45, 2.75) is 32.3 Å². The van der Waals surface area contributed by atoms with Crippen molar-refractivity contribution < 1.29 is 9.53 Å². The van der Waals surface area contributed by atoms with E-state index in [9.17, 15) is 4.79 Å². The molecule has 19 heavy (non-hydrogen) atoms. The van der Waals surface area contributed by atoms with Crippen LogP contribution in [-0.4, -0.2) is 25.2 Å². The molecule has 0 bridgehead atoms. The van der Waals surface area contributed by atoms with Crippen LogP contribution < -0.4 is 16.4 Å². The van der Waals surface area contributed by atoms with E-state index in [0.29, 0.717) is 18.7 Å². The number of amides is 1. The highest BCUT2D eigenvalue weighted by Gasteiger charge is 2.19. The maximum Gasteiger partial charge on any atom is 0.224 e. The van der Waals surface area contributed by atoms with Gasteiger partial charge in [0.2, 0.25) is 5.91 Å². The number of nitrogens with two attached hydrogens (primary N) is 1. The summed E-state index contributed by atoms with van der Waals surface area (Å²) in [6, 6.07) is 3.82. The minimum Gasteiger partial charge on any atom is -0.397 e. The molecule has 0 saturated carbocycles. The number of hydrogen-bond donors (Lipinski definition) is 3. The van der Waals surface area contributed by atoms with Gasteiger partial charge in [-0.3, -0.25) is 4.79 Å². The minimum atomic E-state index is -0.253. The van der Waals surface area contributed by atoms with Crippen LogP contribution in [-0.2, 0) is 16.0 Å². The molecule has 0 saturated heterocycles. The summed E-state index contributed by atoms with van der Waals surface area (Å²) in [5.74, 6) is 0.0492. The molecule has 0 fully saturated rings. The van der Waals surface area contributed by atoms with Gasteiger partial charge in [0, 0.05) is 25.8 Å². The molecule has 0 aromatic heterocycles. The molecule has 1 heterocycles. The molecule has 5 heteroatoms. The van der Waals surface area contributed by atoms with Crippen molar-refractivity contribution in [2.75, 3.05) is 30.0 Å². The summed E-state index contributed by atoms with van der Waals surface area (Å²) in [6.45, 7) is 4.68. The monoisotopic (exact) mass is 263 g/mol. The van der Waals surface area contributed by atoms with Crippen LogP contribution in [0.2, 0.25) is 0 Å². The number of methoxy groups -OCH3 is 1. The number of fused-ring (bicyclic) bond motifs is 1. The average Bonchev–Trinajstić information content (AvgIpc) is 2.36. The van der Waals surface area contributed by atoms with E-state index in [1.165, 1.54) is 0 Å². The highest BCUT2D eigenvalue weighted by atomic mass is 16.5. The van der Waals surface area contributed by atoms with Crippen molar-refractivity contribution in [3.8, 4) is 0 Å². The largest absolute Gasteiger partial charge is 0.397 e. The second-order valence-corrected chi connectivity index (χ2v) is 5.46. The predicted molar refractivity (Wildman–Crippen MR) is 77.4 cm³/mol. The SMILES string of the molecule is COC(C)(C)CNc1cc2c(cc1N)NC(=O)CC2. The third-order valence-electron chi connectivity index (χ3n) is 3.43. The number of anilines is 3. The normalized spacial score (nSPS) is 14.8. The number of rotatable bonds is 4. The van der Waals surface area contributed by atoms with Crippen molar-refractivity contribution in [2.24, 2.45) is 0 Å². The molecule has 1 aliphatic rings. The van der Waals surface area contributed by atoms with Crippen LogP contribution in [0.15, 0.2) is 12.1 Å². The first-order valence-electron chi connectivity index (χ1n) is 6.42. The van der Waals surface area contributed by atoms with Crippen LogP contribution in [0.25, 0.3) is 0 Å². The fourth-order valence-electron chi connectivity index (χ4n) is 1.98. The van der Waals surface area contributed by atoms with E-state index in [-0.39, 0.29) is 11.5 Å². The van der Waals surface area contributed by atoms with Crippen molar-refractivity contribution >= 4 is 23.0 Å². The van der Waals surface area contributed by atoms with E-state index in [1.54, 1.807) is 7.11 Å². The third kappa shape index (κ3) is 3.17. The van der Waals surface area contributed by atoms with Crippen LogP contribution in [0.5, 0.6) is 0 Å². The van der Waals surface area contributed by atoms with Crippen molar-refractivity contribution in [1.82, 2.24) is 0 Å². The summed E-state index contributed by atoms with van der Waals surface area (Å²) in [5, 5.41) is 6.14. The molecule has 0 unspecified atom stereocenters. The van der Waals surface area contributed by atoms with Gasteiger partial charge in [0.1, 0.15) is 0 Å². The Hall–Kier alpha value is -1.75. The quantitative estimate of drug-likeness (QED) is 0.726. The van der Waals surface area contributed by atoms with Crippen LogP contribution in [0.1, 0.15) is 25.8 Å². The highest BCUT2D eigenvalue weighted by molar-refractivity contribution is 5.95. The first kappa shape index (κ1) is 13.7. The van der Waals surface area contributed by atoms with Gasteiger partial charge in [-0.1, -0.05) is 0 Å². The number of aryl methyl sites for hydroxylation is 1. The summed E-state index contributed by atoms with van der Waals surface area (Å²) in [7, 11) is 1.69. The summed E-state index contributed by atoms with van der Waals surface area (Å²) in [5.41, 5.74) is 9.22. The molecule has 5 nitrogen and oxygen atoms in total. The lowest BCUT2D eigenvalue weighted by atomic mass is 10.0. The number of benzene rings is 1. The zero-order valence-electron chi connectivity index (χ0n) is 11.7. The van der Waals surface area contributed by atoms with Gasteiger partial charge in [0.05, 0.1) is 17.0 Å². The molecule has 1 aromatic rings. The van der Waals surface area contributed by atoms with Gasteiger partial charge < -0.3 is 21.1 Å². The zero-order valence-corrected chi connectivity index (χ0v) is 11.7. The lowest BCUT2D eigenvalue weighted by molar-refractivity contribution is -0.116. The van der Waals surface area contributed by atoms with Crippen LogP contribution in [0.4, 0.5) is 17.1 Å². The summed E-state index contributed by atoms with van der Waals surface area (Å²) in [4.78, 5) is 11.3. The van der Waals surface area contributed by atoms with Gasteiger partial charge in [-0.2, -0.15) is 0 Å². The van der Waals surface area contributed by atoms with E-state index in [4.69, 9.17) is 10.5 Å². The Labute approximate surface area is 113 Å². The molecule has 104 valence electrons. The molecule has 0 atom stereocenters. The Morgan fingerprint density at radius 2 is 2.16 bits per heavy atom. The Morgan fingerprint density at radius 1 is 1.42 bits per heavy atom.